The lowest BCUT2D eigenvalue weighted by molar-refractivity contribution is -0.383. The zero-order chi connectivity index (χ0) is 21.3. The molecule has 1 aliphatic rings. The van der Waals surface area contributed by atoms with E-state index in [4.69, 9.17) is 16.3 Å². The lowest BCUT2D eigenvalue weighted by Gasteiger charge is -2.24. The van der Waals surface area contributed by atoms with E-state index in [1.165, 1.54) is 0 Å². The first-order valence-corrected chi connectivity index (χ1v) is 10.6. The minimum absolute atomic E-state index is 0.0667. The molecule has 3 rings (SSSR count). The SMILES string of the molecule is O=C(OCC1CCC(O)CC1)c1cc(S(=O)(=O)O)c2cc(Cl)cc([N+](=O)[O-])c2c1. The molecular weight excluding hydrogens is 426 g/mol. The second-order valence-electron chi connectivity index (χ2n) is 7.00. The summed E-state index contributed by atoms with van der Waals surface area (Å²) in [6.45, 7) is 0.0769. The number of non-ortho nitro benzene ring substituents is 1. The highest BCUT2D eigenvalue weighted by atomic mass is 35.5. The molecule has 2 aromatic carbocycles. The number of nitrogens with zero attached hydrogens (tertiary/aromatic N) is 1. The van der Waals surface area contributed by atoms with Crippen LogP contribution in [0.3, 0.4) is 0 Å². The predicted molar refractivity (Wildman–Crippen MR) is 104 cm³/mol. The molecule has 156 valence electrons. The van der Waals surface area contributed by atoms with Crippen LogP contribution in [0.25, 0.3) is 10.8 Å². The van der Waals surface area contributed by atoms with Gasteiger partial charge >= 0.3 is 5.97 Å². The van der Waals surface area contributed by atoms with Gasteiger partial charge in [-0.2, -0.15) is 8.42 Å². The molecule has 0 saturated heterocycles. The standard InChI is InChI=1S/C18H18ClNO8S/c19-12-7-15-14(16(8-12)20(23)24)5-11(6-17(15)29(25,26)27)18(22)28-9-10-1-3-13(21)4-2-10/h5-8,10,13,21H,1-4,9H2,(H,25,26,27). The van der Waals surface area contributed by atoms with Crippen molar-refractivity contribution in [2.45, 2.75) is 36.7 Å². The molecule has 1 fully saturated rings. The summed E-state index contributed by atoms with van der Waals surface area (Å²) < 4.78 is 38.4. The van der Waals surface area contributed by atoms with Gasteiger partial charge in [0.15, 0.2) is 0 Å². The van der Waals surface area contributed by atoms with E-state index in [0.717, 1.165) is 24.3 Å². The lowest BCUT2D eigenvalue weighted by atomic mass is 9.88. The Balaban J connectivity index is 1.99. The number of aliphatic hydroxyl groups is 1. The summed E-state index contributed by atoms with van der Waals surface area (Å²) in [5, 5.41) is 20.5. The number of rotatable bonds is 5. The van der Waals surface area contributed by atoms with Gasteiger partial charge in [0.05, 0.1) is 28.6 Å². The van der Waals surface area contributed by atoms with E-state index in [1.807, 2.05) is 0 Å². The van der Waals surface area contributed by atoms with Crippen LogP contribution in [0.4, 0.5) is 5.69 Å². The molecule has 2 N–H and O–H groups in total. The van der Waals surface area contributed by atoms with Crippen molar-refractivity contribution in [2.75, 3.05) is 6.61 Å². The number of carbonyl (C=O) groups excluding carboxylic acids is 1. The minimum atomic E-state index is -4.80. The Morgan fingerprint density at radius 2 is 1.83 bits per heavy atom. The Hall–Kier alpha value is -2.27. The van der Waals surface area contributed by atoms with Crippen molar-refractivity contribution in [2.24, 2.45) is 5.92 Å². The number of halogens is 1. The van der Waals surface area contributed by atoms with E-state index in [9.17, 15) is 33.0 Å². The maximum Gasteiger partial charge on any atom is 0.338 e. The molecule has 2 aromatic rings. The summed E-state index contributed by atoms with van der Waals surface area (Å²) in [6.07, 6.45) is 2.24. The first-order chi connectivity index (χ1) is 13.6. The molecule has 1 aliphatic carbocycles. The number of hydrogen-bond acceptors (Lipinski definition) is 7. The van der Waals surface area contributed by atoms with Gasteiger partial charge in [0, 0.05) is 16.5 Å². The van der Waals surface area contributed by atoms with E-state index in [0.29, 0.717) is 25.7 Å². The summed E-state index contributed by atoms with van der Waals surface area (Å²) in [7, 11) is -4.80. The molecule has 29 heavy (non-hydrogen) atoms. The third-order valence-corrected chi connectivity index (χ3v) is 6.06. The van der Waals surface area contributed by atoms with Crippen LogP contribution in [0, 0.1) is 16.0 Å². The number of fused-ring (bicyclic) bond motifs is 1. The molecule has 0 atom stereocenters. The average molecular weight is 444 g/mol. The van der Waals surface area contributed by atoms with Crippen LogP contribution in [-0.2, 0) is 14.9 Å². The first-order valence-electron chi connectivity index (χ1n) is 8.80. The average Bonchev–Trinajstić information content (AvgIpc) is 2.65. The number of nitro groups is 1. The van der Waals surface area contributed by atoms with Gasteiger partial charge < -0.3 is 9.84 Å². The van der Waals surface area contributed by atoms with Crippen molar-refractivity contribution in [1.82, 2.24) is 0 Å². The van der Waals surface area contributed by atoms with Crippen LogP contribution in [0.1, 0.15) is 36.0 Å². The minimum Gasteiger partial charge on any atom is -0.462 e. The molecule has 9 nitrogen and oxygen atoms in total. The molecule has 1 saturated carbocycles. The van der Waals surface area contributed by atoms with Crippen LogP contribution in [-0.4, -0.2) is 41.7 Å². The van der Waals surface area contributed by atoms with Gasteiger partial charge in [-0.05, 0) is 49.8 Å². The highest BCUT2D eigenvalue weighted by molar-refractivity contribution is 7.86. The van der Waals surface area contributed by atoms with Crippen LogP contribution in [0.15, 0.2) is 29.2 Å². The number of aliphatic hydroxyl groups excluding tert-OH is 1. The number of nitro benzene ring substituents is 1. The molecule has 0 unspecified atom stereocenters. The molecule has 11 heteroatoms. The molecule has 0 radical (unpaired) electrons. The molecule has 0 amide bonds. The highest BCUT2D eigenvalue weighted by Crippen LogP contribution is 2.35. The van der Waals surface area contributed by atoms with Crippen molar-refractivity contribution in [1.29, 1.82) is 0 Å². The third kappa shape index (κ3) is 4.84. The highest BCUT2D eigenvalue weighted by Gasteiger charge is 2.25. The Labute approximate surface area is 171 Å². The zero-order valence-corrected chi connectivity index (χ0v) is 16.6. The van der Waals surface area contributed by atoms with E-state index in [2.05, 4.69) is 0 Å². The van der Waals surface area contributed by atoms with Gasteiger partial charge in [0.2, 0.25) is 0 Å². The van der Waals surface area contributed by atoms with Crippen LogP contribution >= 0.6 is 11.6 Å². The van der Waals surface area contributed by atoms with E-state index >= 15 is 0 Å². The summed E-state index contributed by atoms with van der Waals surface area (Å²) in [6, 6.07) is 4.24. The second-order valence-corrected chi connectivity index (χ2v) is 8.83. The maximum absolute atomic E-state index is 12.5. The molecule has 0 aromatic heterocycles. The van der Waals surface area contributed by atoms with Crippen molar-refractivity contribution in [3.63, 3.8) is 0 Å². The van der Waals surface area contributed by atoms with Gasteiger partial charge in [-0.15, -0.1) is 0 Å². The first kappa shape index (κ1) is 21.4. The molecular formula is C18H18ClNO8S. The number of carbonyl (C=O) groups is 1. The fourth-order valence-electron chi connectivity index (χ4n) is 3.45. The topological polar surface area (TPSA) is 144 Å². The maximum atomic E-state index is 12.5. The molecule has 0 bridgehead atoms. The Bertz CT molecular complexity index is 1080. The fourth-order valence-corrected chi connectivity index (χ4v) is 4.38. The molecule has 0 spiro atoms. The van der Waals surface area contributed by atoms with Crippen molar-refractivity contribution < 1.29 is 32.5 Å². The van der Waals surface area contributed by atoms with Crippen molar-refractivity contribution in [3.05, 3.63) is 45.0 Å². The smallest absolute Gasteiger partial charge is 0.338 e. The molecule has 0 aliphatic heterocycles. The summed E-state index contributed by atoms with van der Waals surface area (Å²) in [4.78, 5) is 22.4. The van der Waals surface area contributed by atoms with Gasteiger partial charge in [-0.3, -0.25) is 14.7 Å². The summed E-state index contributed by atoms with van der Waals surface area (Å²) >= 11 is 5.85. The predicted octanol–water partition coefficient (Wildman–Crippen LogP) is 3.36. The zero-order valence-electron chi connectivity index (χ0n) is 15.1. The van der Waals surface area contributed by atoms with Crippen LogP contribution in [0.2, 0.25) is 5.02 Å². The fraction of sp³-hybridized carbons (Fsp3) is 0.389. The number of hydrogen-bond donors (Lipinski definition) is 2. The summed E-state index contributed by atoms with van der Waals surface area (Å²) in [5.74, 6) is -0.802. The third-order valence-electron chi connectivity index (χ3n) is 4.95. The Morgan fingerprint density at radius 1 is 1.17 bits per heavy atom. The van der Waals surface area contributed by atoms with Crippen molar-refractivity contribution in [3.8, 4) is 0 Å². The van der Waals surface area contributed by atoms with Gasteiger partial charge in [0.25, 0.3) is 15.8 Å². The molecule has 0 heterocycles. The normalized spacial score (nSPS) is 19.8. The van der Waals surface area contributed by atoms with E-state index < -0.39 is 31.6 Å². The largest absolute Gasteiger partial charge is 0.462 e. The van der Waals surface area contributed by atoms with Crippen LogP contribution in [0.5, 0.6) is 0 Å². The van der Waals surface area contributed by atoms with Crippen LogP contribution < -0.4 is 0 Å². The van der Waals surface area contributed by atoms with Gasteiger partial charge in [-0.25, -0.2) is 4.79 Å². The van der Waals surface area contributed by atoms with E-state index in [1.54, 1.807) is 0 Å². The Kier molecular flexibility index (Phi) is 6.08. The lowest BCUT2D eigenvalue weighted by Crippen LogP contribution is -2.23. The van der Waals surface area contributed by atoms with Crippen molar-refractivity contribution >= 4 is 44.1 Å². The number of ether oxygens (including phenoxy) is 1. The second kappa shape index (κ2) is 8.23. The Morgan fingerprint density at radius 3 is 2.41 bits per heavy atom. The number of esters is 1. The monoisotopic (exact) mass is 443 g/mol. The summed E-state index contributed by atoms with van der Waals surface area (Å²) in [5.41, 5.74) is -0.750. The van der Waals surface area contributed by atoms with Gasteiger partial charge in [0.1, 0.15) is 4.90 Å². The quantitative estimate of drug-likeness (QED) is 0.309. The van der Waals surface area contributed by atoms with E-state index in [-0.39, 0.29) is 40.0 Å². The van der Waals surface area contributed by atoms with Gasteiger partial charge in [-0.1, -0.05) is 11.6 Å². The number of benzene rings is 2.